The zero-order chi connectivity index (χ0) is 17.9. The molecule has 1 saturated heterocycles. The minimum Gasteiger partial charge on any atom is -0.494 e. The molecule has 1 aliphatic rings. The maximum absolute atomic E-state index is 13.4. The number of nitrogens with zero attached hydrogens (tertiary/aromatic N) is 2. The average Bonchev–Trinajstić information content (AvgIpc) is 2.51. The van der Waals surface area contributed by atoms with Crippen molar-refractivity contribution in [1.82, 2.24) is 13.9 Å². The van der Waals surface area contributed by atoms with Gasteiger partial charge in [-0.1, -0.05) is 6.07 Å². The fourth-order valence-electron chi connectivity index (χ4n) is 2.64. The van der Waals surface area contributed by atoms with Crippen LogP contribution in [0.2, 0.25) is 0 Å². The lowest BCUT2D eigenvalue weighted by Gasteiger charge is -2.36. The second-order valence-electron chi connectivity index (χ2n) is 6.07. The molecule has 136 valence electrons. The number of benzene rings is 1. The molecule has 0 unspecified atom stereocenters. The zero-order valence-corrected chi connectivity index (χ0v) is 14.9. The van der Waals surface area contributed by atoms with Gasteiger partial charge in [0.05, 0.1) is 19.3 Å². The number of β-amino-alcohol motifs (C(OH)–C–C–N with tert-alkyl or cyclic N) is 1. The second-order valence-corrected chi connectivity index (χ2v) is 7.99. The minimum absolute atomic E-state index is 0.182. The first kappa shape index (κ1) is 19.1. The van der Waals surface area contributed by atoms with E-state index < -0.39 is 28.2 Å². The SMILES string of the molecule is COc1cc(CN2CC[C@H](NS(=O)(=O)N(C)C)[C@@H](O)C2)ccc1F. The van der Waals surface area contributed by atoms with Crippen LogP contribution in [0.25, 0.3) is 0 Å². The quantitative estimate of drug-likeness (QED) is 0.755. The predicted molar refractivity (Wildman–Crippen MR) is 88.4 cm³/mol. The molecule has 1 aromatic carbocycles. The van der Waals surface area contributed by atoms with Crippen LogP contribution >= 0.6 is 0 Å². The maximum Gasteiger partial charge on any atom is 0.279 e. The molecule has 7 nitrogen and oxygen atoms in total. The van der Waals surface area contributed by atoms with Crippen molar-refractivity contribution >= 4 is 10.2 Å². The number of methoxy groups -OCH3 is 1. The van der Waals surface area contributed by atoms with Gasteiger partial charge in [-0.25, -0.2) is 4.39 Å². The Morgan fingerprint density at radius 1 is 1.46 bits per heavy atom. The molecule has 2 N–H and O–H groups in total. The fraction of sp³-hybridized carbons (Fsp3) is 0.600. The molecular formula is C15H24FN3O4S. The van der Waals surface area contributed by atoms with Crippen LogP contribution in [0, 0.1) is 5.82 Å². The van der Waals surface area contributed by atoms with Gasteiger partial charge in [0.15, 0.2) is 11.6 Å². The second kappa shape index (κ2) is 7.75. The van der Waals surface area contributed by atoms with Crippen LogP contribution in [0.15, 0.2) is 18.2 Å². The minimum atomic E-state index is -3.57. The van der Waals surface area contributed by atoms with E-state index in [1.807, 2.05) is 4.90 Å². The van der Waals surface area contributed by atoms with E-state index in [4.69, 9.17) is 4.74 Å². The average molecular weight is 361 g/mol. The summed E-state index contributed by atoms with van der Waals surface area (Å²) in [5.74, 6) is -0.236. The Balaban J connectivity index is 1.96. The van der Waals surface area contributed by atoms with E-state index in [0.29, 0.717) is 26.1 Å². The van der Waals surface area contributed by atoms with Crippen molar-refractivity contribution in [3.63, 3.8) is 0 Å². The van der Waals surface area contributed by atoms with Gasteiger partial charge in [-0.15, -0.1) is 0 Å². The van der Waals surface area contributed by atoms with Crippen molar-refractivity contribution in [2.24, 2.45) is 0 Å². The molecule has 0 radical (unpaired) electrons. The lowest BCUT2D eigenvalue weighted by Crippen LogP contribution is -2.55. The molecule has 0 bridgehead atoms. The summed E-state index contributed by atoms with van der Waals surface area (Å²) < 4.78 is 45.7. The monoisotopic (exact) mass is 361 g/mol. The third kappa shape index (κ3) is 4.64. The van der Waals surface area contributed by atoms with Gasteiger partial charge in [0.25, 0.3) is 10.2 Å². The van der Waals surface area contributed by atoms with Gasteiger partial charge in [0.2, 0.25) is 0 Å². The number of halogens is 1. The van der Waals surface area contributed by atoms with Gasteiger partial charge in [-0.2, -0.15) is 17.4 Å². The number of hydrogen-bond acceptors (Lipinski definition) is 5. The number of piperidine rings is 1. The summed E-state index contributed by atoms with van der Waals surface area (Å²) in [5, 5.41) is 10.2. The summed E-state index contributed by atoms with van der Waals surface area (Å²) >= 11 is 0. The highest BCUT2D eigenvalue weighted by Crippen LogP contribution is 2.21. The predicted octanol–water partition coefficient (Wildman–Crippen LogP) is 0.166. The van der Waals surface area contributed by atoms with Crippen molar-refractivity contribution in [2.75, 3.05) is 34.3 Å². The van der Waals surface area contributed by atoms with Gasteiger partial charge >= 0.3 is 0 Å². The van der Waals surface area contributed by atoms with E-state index in [2.05, 4.69) is 4.72 Å². The molecule has 1 aliphatic heterocycles. The van der Waals surface area contributed by atoms with Crippen molar-refractivity contribution < 1.29 is 22.7 Å². The van der Waals surface area contributed by atoms with Gasteiger partial charge in [-0.05, 0) is 24.1 Å². The molecule has 0 aromatic heterocycles. The summed E-state index contributed by atoms with van der Waals surface area (Å²) in [6.07, 6.45) is -0.317. The molecule has 2 rings (SSSR count). The summed E-state index contributed by atoms with van der Waals surface area (Å²) in [7, 11) is 0.709. The Kier molecular flexibility index (Phi) is 6.16. The van der Waals surface area contributed by atoms with E-state index in [-0.39, 0.29) is 5.75 Å². The largest absolute Gasteiger partial charge is 0.494 e. The Bertz CT molecular complexity index is 669. The number of ether oxygens (including phenoxy) is 1. The number of nitrogens with one attached hydrogen (secondary N) is 1. The number of aliphatic hydroxyl groups excluding tert-OH is 1. The number of hydrogen-bond donors (Lipinski definition) is 2. The highest BCUT2D eigenvalue weighted by molar-refractivity contribution is 7.87. The normalized spacial score (nSPS) is 22.8. The molecule has 0 spiro atoms. The topological polar surface area (TPSA) is 82.1 Å². The van der Waals surface area contributed by atoms with Gasteiger partial charge in [0, 0.05) is 33.7 Å². The third-order valence-electron chi connectivity index (χ3n) is 4.07. The summed E-state index contributed by atoms with van der Waals surface area (Å²) in [6.45, 7) is 1.48. The molecule has 24 heavy (non-hydrogen) atoms. The van der Waals surface area contributed by atoms with Gasteiger partial charge < -0.3 is 9.84 Å². The van der Waals surface area contributed by atoms with Crippen LogP contribution in [-0.2, 0) is 16.8 Å². The molecule has 9 heteroatoms. The van der Waals surface area contributed by atoms with Crippen LogP contribution in [-0.4, -0.2) is 69.2 Å². The molecule has 2 atom stereocenters. The van der Waals surface area contributed by atoms with E-state index in [1.165, 1.54) is 27.3 Å². The lowest BCUT2D eigenvalue weighted by molar-refractivity contribution is 0.0441. The highest BCUT2D eigenvalue weighted by atomic mass is 32.2. The Labute approximate surface area is 142 Å². The van der Waals surface area contributed by atoms with Crippen molar-refractivity contribution in [3.8, 4) is 5.75 Å². The van der Waals surface area contributed by atoms with E-state index in [9.17, 15) is 17.9 Å². The molecular weight excluding hydrogens is 337 g/mol. The van der Waals surface area contributed by atoms with Gasteiger partial charge in [-0.3, -0.25) is 4.90 Å². The van der Waals surface area contributed by atoms with Crippen LogP contribution in [0.3, 0.4) is 0 Å². The van der Waals surface area contributed by atoms with Gasteiger partial charge in [0.1, 0.15) is 0 Å². The van der Waals surface area contributed by atoms with E-state index in [0.717, 1.165) is 9.87 Å². The van der Waals surface area contributed by atoms with Crippen LogP contribution in [0.4, 0.5) is 4.39 Å². The molecule has 1 heterocycles. The molecule has 0 saturated carbocycles. The third-order valence-corrected chi connectivity index (χ3v) is 5.63. The van der Waals surface area contributed by atoms with Crippen molar-refractivity contribution in [2.45, 2.75) is 25.1 Å². The first-order valence-electron chi connectivity index (χ1n) is 7.65. The maximum atomic E-state index is 13.4. The standard InChI is InChI=1S/C15H24FN3O4S/c1-18(2)24(21,22)17-13-6-7-19(10-14(13)20)9-11-4-5-12(16)15(8-11)23-3/h4-5,8,13-14,17,20H,6-7,9-10H2,1-3H3/t13-,14-/m0/s1. The Hall–Kier alpha value is -1.26. The van der Waals surface area contributed by atoms with E-state index in [1.54, 1.807) is 12.1 Å². The summed E-state index contributed by atoms with van der Waals surface area (Å²) in [5.41, 5.74) is 0.868. The van der Waals surface area contributed by atoms with Crippen molar-refractivity contribution in [1.29, 1.82) is 0 Å². The van der Waals surface area contributed by atoms with Crippen LogP contribution in [0.1, 0.15) is 12.0 Å². The molecule has 0 amide bonds. The number of rotatable bonds is 6. The zero-order valence-electron chi connectivity index (χ0n) is 14.1. The summed E-state index contributed by atoms with van der Waals surface area (Å²) in [4.78, 5) is 2.00. The van der Waals surface area contributed by atoms with Crippen LogP contribution < -0.4 is 9.46 Å². The summed E-state index contributed by atoms with van der Waals surface area (Å²) in [6, 6.07) is 4.13. The fourth-order valence-corrected chi connectivity index (χ4v) is 3.50. The van der Waals surface area contributed by atoms with E-state index >= 15 is 0 Å². The number of aliphatic hydroxyl groups is 1. The molecule has 0 aliphatic carbocycles. The first-order valence-corrected chi connectivity index (χ1v) is 9.09. The number of likely N-dealkylation sites (tertiary alicyclic amines) is 1. The molecule has 1 fully saturated rings. The Morgan fingerprint density at radius 2 is 2.17 bits per heavy atom. The lowest BCUT2D eigenvalue weighted by atomic mass is 10.0. The molecule has 1 aromatic rings. The highest BCUT2D eigenvalue weighted by Gasteiger charge is 2.31. The van der Waals surface area contributed by atoms with Crippen molar-refractivity contribution in [3.05, 3.63) is 29.6 Å². The Morgan fingerprint density at radius 3 is 2.75 bits per heavy atom. The van der Waals surface area contributed by atoms with Crippen LogP contribution in [0.5, 0.6) is 5.75 Å². The smallest absolute Gasteiger partial charge is 0.279 e. The first-order chi connectivity index (χ1) is 11.2.